The summed E-state index contributed by atoms with van der Waals surface area (Å²) in [5.74, 6) is -0.0597. The number of nitrogens with zero attached hydrogens (tertiary/aromatic N) is 2. The van der Waals surface area contributed by atoms with Gasteiger partial charge in [0.2, 0.25) is 5.91 Å². The number of para-hydroxylation sites is 1. The van der Waals surface area contributed by atoms with Crippen molar-refractivity contribution in [3.05, 3.63) is 29.8 Å². The zero-order valence-corrected chi connectivity index (χ0v) is 12.8. The minimum atomic E-state index is -0.0597. The van der Waals surface area contributed by atoms with Crippen molar-refractivity contribution in [2.24, 2.45) is 0 Å². The van der Waals surface area contributed by atoms with E-state index in [0.717, 1.165) is 38.8 Å². The molecular formula is C17H23N3O2. The van der Waals surface area contributed by atoms with Gasteiger partial charge in [0.15, 0.2) is 0 Å². The van der Waals surface area contributed by atoms with Crippen molar-refractivity contribution in [1.29, 1.82) is 5.26 Å². The van der Waals surface area contributed by atoms with Crippen LogP contribution in [0.1, 0.15) is 37.7 Å². The first kappa shape index (κ1) is 16.5. The van der Waals surface area contributed by atoms with Crippen molar-refractivity contribution in [1.82, 2.24) is 4.90 Å². The molecule has 0 radical (unpaired) electrons. The van der Waals surface area contributed by atoms with Gasteiger partial charge in [-0.15, -0.1) is 0 Å². The van der Waals surface area contributed by atoms with Crippen molar-refractivity contribution in [2.75, 3.05) is 25.0 Å². The Morgan fingerprint density at radius 1 is 1.45 bits per heavy atom. The van der Waals surface area contributed by atoms with E-state index < -0.39 is 0 Å². The molecule has 1 atom stereocenters. The fraction of sp³-hybridized carbons (Fsp3) is 0.529. The Morgan fingerprint density at radius 3 is 3.05 bits per heavy atom. The second-order valence-corrected chi connectivity index (χ2v) is 5.65. The Morgan fingerprint density at radius 2 is 2.27 bits per heavy atom. The van der Waals surface area contributed by atoms with Crippen LogP contribution in [0.25, 0.3) is 0 Å². The second kappa shape index (κ2) is 8.52. The van der Waals surface area contributed by atoms with Crippen LogP contribution in [-0.4, -0.2) is 41.7 Å². The van der Waals surface area contributed by atoms with Crippen molar-refractivity contribution in [3.63, 3.8) is 0 Å². The van der Waals surface area contributed by atoms with E-state index in [1.807, 2.05) is 6.07 Å². The van der Waals surface area contributed by atoms with Crippen LogP contribution in [0.5, 0.6) is 0 Å². The maximum absolute atomic E-state index is 12.1. The molecule has 1 unspecified atom stereocenters. The highest BCUT2D eigenvalue weighted by Crippen LogP contribution is 2.21. The molecule has 1 heterocycles. The van der Waals surface area contributed by atoms with Gasteiger partial charge in [-0.25, -0.2) is 0 Å². The molecule has 1 saturated heterocycles. The Labute approximate surface area is 131 Å². The maximum Gasteiger partial charge on any atom is 0.225 e. The number of aliphatic hydroxyl groups is 1. The van der Waals surface area contributed by atoms with Gasteiger partial charge in [0.1, 0.15) is 6.07 Å². The van der Waals surface area contributed by atoms with Crippen LogP contribution in [0.4, 0.5) is 5.69 Å². The van der Waals surface area contributed by atoms with E-state index in [1.54, 1.807) is 18.2 Å². The van der Waals surface area contributed by atoms with Crippen LogP contribution >= 0.6 is 0 Å². The number of benzene rings is 1. The molecule has 22 heavy (non-hydrogen) atoms. The van der Waals surface area contributed by atoms with E-state index in [2.05, 4.69) is 16.3 Å². The zero-order chi connectivity index (χ0) is 15.8. The summed E-state index contributed by atoms with van der Waals surface area (Å²) in [5, 5.41) is 20.8. The molecule has 2 N–H and O–H groups in total. The standard InChI is InChI=1S/C17H23N3O2/c18-13-14-5-1-2-8-16(14)19-17(22)9-11-20-10-3-6-15(20)7-4-12-21/h1-2,5,8,15,21H,3-4,6-7,9-12H2,(H,19,22). The van der Waals surface area contributed by atoms with Crippen molar-refractivity contribution in [3.8, 4) is 6.07 Å². The summed E-state index contributed by atoms with van der Waals surface area (Å²) in [6.07, 6.45) is 4.56. The lowest BCUT2D eigenvalue weighted by Gasteiger charge is -2.23. The Bertz CT molecular complexity index is 539. The van der Waals surface area contributed by atoms with Crippen LogP contribution in [0.15, 0.2) is 24.3 Å². The predicted molar refractivity (Wildman–Crippen MR) is 85.3 cm³/mol. The number of hydrogen-bond acceptors (Lipinski definition) is 4. The Kier molecular flexibility index (Phi) is 6.38. The van der Waals surface area contributed by atoms with Crippen LogP contribution in [0, 0.1) is 11.3 Å². The first-order chi connectivity index (χ1) is 10.7. The molecule has 1 amide bonds. The Balaban J connectivity index is 1.81. The smallest absolute Gasteiger partial charge is 0.225 e. The van der Waals surface area contributed by atoms with E-state index in [0.29, 0.717) is 23.7 Å². The van der Waals surface area contributed by atoms with Crippen LogP contribution < -0.4 is 5.32 Å². The SMILES string of the molecule is N#Cc1ccccc1NC(=O)CCN1CCCC1CCCO. The summed E-state index contributed by atoms with van der Waals surface area (Å²) in [5.41, 5.74) is 1.06. The number of anilines is 1. The lowest BCUT2D eigenvalue weighted by atomic mass is 10.1. The number of nitrogens with one attached hydrogen (secondary N) is 1. The van der Waals surface area contributed by atoms with Crippen LogP contribution in [-0.2, 0) is 4.79 Å². The molecule has 118 valence electrons. The van der Waals surface area contributed by atoms with Gasteiger partial charge in [0.05, 0.1) is 11.3 Å². The number of aliphatic hydroxyl groups excluding tert-OH is 1. The van der Waals surface area contributed by atoms with Gasteiger partial charge >= 0.3 is 0 Å². The van der Waals surface area contributed by atoms with Gasteiger partial charge in [-0.05, 0) is 44.4 Å². The molecule has 0 saturated carbocycles. The largest absolute Gasteiger partial charge is 0.396 e. The topological polar surface area (TPSA) is 76.4 Å². The molecule has 1 fully saturated rings. The monoisotopic (exact) mass is 301 g/mol. The minimum Gasteiger partial charge on any atom is -0.396 e. The summed E-state index contributed by atoms with van der Waals surface area (Å²) in [6.45, 7) is 1.99. The molecule has 1 aliphatic rings. The summed E-state index contributed by atoms with van der Waals surface area (Å²) < 4.78 is 0. The molecule has 1 aromatic carbocycles. The van der Waals surface area contributed by atoms with E-state index >= 15 is 0 Å². The fourth-order valence-electron chi connectivity index (χ4n) is 2.99. The first-order valence-corrected chi connectivity index (χ1v) is 7.88. The highest BCUT2D eigenvalue weighted by Gasteiger charge is 2.24. The minimum absolute atomic E-state index is 0.0597. The summed E-state index contributed by atoms with van der Waals surface area (Å²) in [4.78, 5) is 14.4. The molecule has 5 nitrogen and oxygen atoms in total. The van der Waals surface area contributed by atoms with Gasteiger partial charge in [-0.3, -0.25) is 9.69 Å². The van der Waals surface area contributed by atoms with Gasteiger partial charge in [0.25, 0.3) is 0 Å². The third-order valence-electron chi connectivity index (χ3n) is 4.14. The maximum atomic E-state index is 12.1. The summed E-state index contributed by atoms with van der Waals surface area (Å²) >= 11 is 0. The lowest BCUT2D eigenvalue weighted by Crippen LogP contribution is -2.32. The van der Waals surface area contributed by atoms with Crippen LogP contribution in [0.2, 0.25) is 0 Å². The second-order valence-electron chi connectivity index (χ2n) is 5.65. The first-order valence-electron chi connectivity index (χ1n) is 7.88. The average Bonchev–Trinajstić information content (AvgIpc) is 2.99. The molecule has 5 heteroatoms. The summed E-state index contributed by atoms with van der Waals surface area (Å²) in [7, 11) is 0. The molecule has 0 bridgehead atoms. The molecule has 0 aromatic heterocycles. The van der Waals surface area contributed by atoms with Crippen molar-refractivity contribution in [2.45, 2.75) is 38.1 Å². The summed E-state index contributed by atoms with van der Waals surface area (Å²) in [6, 6.07) is 9.60. The normalized spacial score (nSPS) is 18.1. The van der Waals surface area contributed by atoms with Gasteiger partial charge < -0.3 is 10.4 Å². The van der Waals surface area contributed by atoms with Gasteiger partial charge in [0, 0.05) is 25.6 Å². The number of nitriles is 1. The van der Waals surface area contributed by atoms with Gasteiger partial charge in [-0.2, -0.15) is 5.26 Å². The molecule has 2 rings (SSSR count). The number of carbonyl (C=O) groups excluding carboxylic acids is 1. The van der Waals surface area contributed by atoms with Crippen molar-refractivity contribution < 1.29 is 9.90 Å². The third-order valence-corrected chi connectivity index (χ3v) is 4.14. The van der Waals surface area contributed by atoms with E-state index in [1.165, 1.54) is 0 Å². The van der Waals surface area contributed by atoms with E-state index in [-0.39, 0.29) is 12.5 Å². The van der Waals surface area contributed by atoms with E-state index in [4.69, 9.17) is 10.4 Å². The van der Waals surface area contributed by atoms with Crippen LogP contribution in [0.3, 0.4) is 0 Å². The predicted octanol–water partition coefficient (Wildman–Crippen LogP) is 2.12. The van der Waals surface area contributed by atoms with E-state index in [9.17, 15) is 4.79 Å². The highest BCUT2D eigenvalue weighted by atomic mass is 16.2. The number of rotatable bonds is 7. The molecule has 1 aromatic rings. The molecule has 1 aliphatic heterocycles. The Hall–Kier alpha value is -1.90. The number of likely N-dealkylation sites (tertiary alicyclic amines) is 1. The number of amides is 1. The zero-order valence-electron chi connectivity index (χ0n) is 12.8. The van der Waals surface area contributed by atoms with Gasteiger partial charge in [-0.1, -0.05) is 12.1 Å². The quantitative estimate of drug-likeness (QED) is 0.809. The lowest BCUT2D eigenvalue weighted by molar-refractivity contribution is -0.116. The van der Waals surface area contributed by atoms with Crippen molar-refractivity contribution >= 4 is 11.6 Å². The number of hydrogen-bond donors (Lipinski definition) is 2. The molecular weight excluding hydrogens is 278 g/mol. The molecule has 0 spiro atoms. The number of carbonyl (C=O) groups is 1. The third kappa shape index (κ3) is 4.55. The fourth-order valence-corrected chi connectivity index (χ4v) is 2.99. The average molecular weight is 301 g/mol. The molecule has 0 aliphatic carbocycles. The highest BCUT2D eigenvalue weighted by molar-refractivity contribution is 5.92.